The smallest absolute Gasteiger partial charge is 0.0111 e. The van der Waals surface area contributed by atoms with E-state index in [0.717, 1.165) is 13.0 Å². The fourth-order valence-electron chi connectivity index (χ4n) is 0.580. The first-order valence-electron chi connectivity index (χ1n) is 2.43. The first kappa shape index (κ1) is 7.58. The topological polar surface area (TPSA) is 9.23 Å². The van der Waals surface area contributed by atoms with Crippen LogP contribution in [0.1, 0.15) is 19.3 Å². The van der Waals surface area contributed by atoms with Gasteiger partial charge in [0.2, 0.25) is 0 Å². The third kappa shape index (κ3) is 3.19. The van der Waals surface area contributed by atoms with Crippen LogP contribution in [0.4, 0.5) is 0 Å². The summed E-state index contributed by atoms with van der Waals surface area (Å²) in [7, 11) is 0. The Labute approximate surface area is 57.2 Å². The molecule has 1 heterocycles. The summed E-state index contributed by atoms with van der Waals surface area (Å²) in [6.45, 7) is 2.84. The molecule has 0 saturated carbocycles. The second kappa shape index (κ2) is 4.74. The molecule has 1 nitrogen and oxygen atoms in total. The van der Waals surface area contributed by atoms with Crippen molar-refractivity contribution in [3.05, 3.63) is 6.61 Å². The zero-order valence-corrected chi connectivity index (χ0v) is 7.49. The molecule has 0 N–H and O–H groups in total. The first-order chi connectivity index (χ1) is 3.00. The van der Waals surface area contributed by atoms with Crippen LogP contribution in [0.3, 0.4) is 0 Å². The van der Waals surface area contributed by atoms with E-state index in [-0.39, 0.29) is 19.5 Å². The van der Waals surface area contributed by atoms with Gasteiger partial charge in [-0.05, 0) is 6.42 Å². The summed E-state index contributed by atoms with van der Waals surface area (Å²) in [4.78, 5) is 0. The minimum atomic E-state index is 0. The number of ether oxygens (including phenoxy) is 1. The average Bonchev–Trinajstić information content (AvgIpc) is 1.72. The molecule has 0 spiro atoms. The van der Waals surface area contributed by atoms with E-state index in [0.29, 0.717) is 0 Å². The van der Waals surface area contributed by atoms with Gasteiger partial charge in [0.15, 0.2) is 0 Å². The number of hydrogen-bond acceptors (Lipinski definition) is 1. The quantitative estimate of drug-likeness (QED) is 0.374. The van der Waals surface area contributed by atoms with Crippen molar-refractivity contribution in [3.63, 3.8) is 0 Å². The summed E-state index contributed by atoms with van der Waals surface area (Å²) in [5.74, 6) is 0. The van der Waals surface area contributed by atoms with E-state index >= 15 is 0 Å². The van der Waals surface area contributed by atoms with Crippen LogP contribution < -0.4 is 0 Å². The van der Waals surface area contributed by atoms with Crippen LogP contribution in [0.5, 0.6) is 0 Å². The summed E-state index contributed by atoms with van der Waals surface area (Å²) in [6, 6.07) is 0. The standard InChI is InChI=1S/C5H9O.Zn/c1-2-4-6-5-3-1;/h4H,1-3,5H2;/q-1;. The van der Waals surface area contributed by atoms with Gasteiger partial charge in [0, 0.05) is 26.1 Å². The number of rotatable bonds is 0. The molecule has 0 radical (unpaired) electrons. The minimum absolute atomic E-state index is 0. The van der Waals surface area contributed by atoms with Gasteiger partial charge >= 0.3 is 0 Å². The van der Waals surface area contributed by atoms with Gasteiger partial charge in [0.1, 0.15) is 0 Å². The summed E-state index contributed by atoms with van der Waals surface area (Å²) in [5, 5.41) is 0. The third-order valence-corrected chi connectivity index (χ3v) is 0.952. The van der Waals surface area contributed by atoms with Gasteiger partial charge in [-0.2, -0.15) is 6.42 Å². The molecule has 1 aliphatic heterocycles. The Morgan fingerprint density at radius 1 is 1.29 bits per heavy atom. The SMILES string of the molecule is [CH-]1CCCCO1.[Zn]. The molecule has 0 atom stereocenters. The van der Waals surface area contributed by atoms with Crippen molar-refractivity contribution in [2.24, 2.45) is 0 Å². The minimum Gasteiger partial charge on any atom is -0.552 e. The van der Waals surface area contributed by atoms with Crippen LogP contribution in [0.25, 0.3) is 0 Å². The molecule has 0 aromatic carbocycles. The summed E-state index contributed by atoms with van der Waals surface area (Å²) in [6.07, 6.45) is 3.72. The molecule has 0 bridgehead atoms. The van der Waals surface area contributed by atoms with Crippen molar-refractivity contribution in [2.45, 2.75) is 19.3 Å². The predicted octanol–water partition coefficient (Wildman–Crippen LogP) is 1.35. The van der Waals surface area contributed by atoms with E-state index in [1.54, 1.807) is 0 Å². The fraction of sp³-hybridized carbons (Fsp3) is 0.800. The summed E-state index contributed by atoms with van der Waals surface area (Å²) in [5.41, 5.74) is 0. The van der Waals surface area contributed by atoms with E-state index < -0.39 is 0 Å². The summed E-state index contributed by atoms with van der Waals surface area (Å²) < 4.78 is 4.94. The molecule has 1 saturated heterocycles. The molecule has 0 aromatic rings. The Balaban J connectivity index is 0.000000360. The molecule has 7 heavy (non-hydrogen) atoms. The Hall–Kier alpha value is 0.583. The van der Waals surface area contributed by atoms with E-state index in [4.69, 9.17) is 4.74 Å². The van der Waals surface area contributed by atoms with Crippen molar-refractivity contribution >= 4 is 0 Å². The molecule has 1 aliphatic rings. The Morgan fingerprint density at radius 3 is 2.29 bits per heavy atom. The second-order valence-electron chi connectivity index (χ2n) is 1.53. The Bertz CT molecular complexity index is 23.6. The molecule has 38 valence electrons. The maximum Gasteiger partial charge on any atom is 0.0111 e. The second-order valence-corrected chi connectivity index (χ2v) is 1.53. The van der Waals surface area contributed by atoms with Gasteiger partial charge in [0.25, 0.3) is 0 Å². The van der Waals surface area contributed by atoms with E-state index in [9.17, 15) is 0 Å². The van der Waals surface area contributed by atoms with Crippen molar-refractivity contribution in [2.75, 3.05) is 6.61 Å². The van der Waals surface area contributed by atoms with Crippen molar-refractivity contribution in [1.82, 2.24) is 0 Å². The van der Waals surface area contributed by atoms with Crippen LogP contribution in [-0.4, -0.2) is 6.61 Å². The van der Waals surface area contributed by atoms with Crippen LogP contribution in [-0.2, 0) is 24.2 Å². The zero-order valence-electron chi connectivity index (χ0n) is 4.52. The van der Waals surface area contributed by atoms with Gasteiger partial charge in [-0.25, -0.2) is 6.61 Å². The van der Waals surface area contributed by atoms with Gasteiger partial charge in [-0.15, -0.1) is 0 Å². The first-order valence-corrected chi connectivity index (χ1v) is 2.43. The van der Waals surface area contributed by atoms with Crippen molar-refractivity contribution < 1.29 is 24.2 Å². The van der Waals surface area contributed by atoms with Crippen molar-refractivity contribution in [1.29, 1.82) is 0 Å². The van der Waals surface area contributed by atoms with Gasteiger partial charge < -0.3 is 4.74 Å². The molecule has 0 aliphatic carbocycles. The number of hydrogen-bond donors (Lipinski definition) is 0. The van der Waals surface area contributed by atoms with E-state index in [2.05, 4.69) is 0 Å². The van der Waals surface area contributed by atoms with E-state index in [1.807, 2.05) is 6.61 Å². The molecular weight excluding hydrogens is 141 g/mol. The molecule has 1 fully saturated rings. The molecule has 2 heteroatoms. The molecular formula is C5H9OZn-. The maximum atomic E-state index is 4.94. The molecule has 0 amide bonds. The molecule has 0 unspecified atom stereocenters. The third-order valence-electron chi connectivity index (χ3n) is 0.952. The fourth-order valence-corrected chi connectivity index (χ4v) is 0.580. The Morgan fingerprint density at radius 2 is 2.14 bits per heavy atom. The Kier molecular flexibility index (Phi) is 5.13. The van der Waals surface area contributed by atoms with Gasteiger partial charge in [0.05, 0.1) is 0 Å². The van der Waals surface area contributed by atoms with Crippen molar-refractivity contribution in [3.8, 4) is 0 Å². The molecule has 0 aromatic heterocycles. The maximum absolute atomic E-state index is 4.94. The normalized spacial score (nSPS) is 20.6. The zero-order chi connectivity index (χ0) is 4.24. The predicted molar refractivity (Wildman–Crippen MR) is 24.1 cm³/mol. The van der Waals surface area contributed by atoms with Gasteiger partial charge in [-0.3, -0.25) is 0 Å². The molecule has 1 rings (SSSR count). The summed E-state index contributed by atoms with van der Waals surface area (Å²) >= 11 is 0. The monoisotopic (exact) mass is 149 g/mol. The van der Waals surface area contributed by atoms with Crippen LogP contribution in [0.15, 0.2) is 0 Å². The van der Waals surface area contributed by atoms with E-state index in [1.165, 1.54) is 12.8 Å². The van der Waals surface area contributed by atoms with Crippen LogP contribution in [0, 0.1) is 6.61 Å². The van der Waals surface area contributed by atoms with Crippen LogP contribution >= 0.6 is 0 Å². The van der Waals surface area contributed by atoms with Gasteiger partial charge in [-0.1, -0.05) is 6.42 Å². The van der Waals surface area contributed by atoms with Crippen LogP contribution in [0.2, 0.25) is 0 Å². The largest absolute Gasteiger partial charge is 0.552 e. The average molecular weight is 151 g/mol.